The van der Waals surface area contributed by atoms with Gasteiger partial charge in [0.1, 0.15) is 5.60 Å². The molecule has 0 radical (unpaired) electrons. The van der Waals surface area contributed by atoms with E-state index in [4.69, 9.17) is 4.74 Å². The predicted octanol–water partition coefficient (Wildman–Crippen LogP) is 5.21. The molecule has 1 aliphatic heterocycles. The maximum absolute atomic E-state index is 6.83. The zero-order chi connectivity index (χ0) is 17.4. The molecule has 2 atom stereocenters. The Kier molecular flexibility index (Phi) is 5.98. The van der Waals surface area contributed by atoms with E-state index in [-0.39, 0.29) is 23.6 Å². The van der Waals surface area contributed by atoms with E-state index in [0.717, 1.165) is 13.0 Å². The molecule has 25 heavy (non-hydrogen) atoms. The minimum absolute atomic E-state index is 0. The van der Waals surface area contributed by atoms with Gasteiger partial charge >= 0.3 is 0 Å². The Morgan fingerprint density at radius 2 is 1.48 bits per heavy atom. The molecule has 0 fully saturated rings. The van der Waals surface area contributed by atoms with Gasteiger partial charge in [0.15, 0.2) is 0 Å². The second-order valence-electron chi connectivity index (χ2n) is 7.92. The summed E-state index contributed by atoms with van der Waals surface area (Å²) in [5.74, 6) is 0.530. The highest BCUT2D eigenvalue weighted by Gasteiger charge is 2.50. The number of hydrogen-bond donors (Lipinski definition) is 0. The van der Waals surface area contributed by atoms with Crippen LogP contribution in [-0.4, -0.2) is 25.5 Å². The Bertz CT molecular complexity index is 698. The Morgan fingerprint density at radius 3 is 2.08 bits per heavy atom. The summed E-state index contributed by atoms with van der Waals surface area (Å²) in [6.07, 6.45) is 0.982. The molecule has 3 rings (SSSR count). The van der Waals surface area contributed by atoms with Crippen LogP contribution in [0.1, 0.15) is 43.9 Å². The van der Waals surface area contributed by atoms with Crippen molar-refractivity contribution in [3.63, 3.8) is 0 Å². The van der Waals surface area contributed by atoms with Crippen LogP contribution in [0.3, 0.4) is 0 Å². The summed E-state index contributed by atoms with van der Waals surface area (Å²) in [5.41, 5.74) is 3.26. The van der Waals surface area contributed by atoms with Crippen LogP contribution in [0.15, 0.2) is 54.6 Å². The standard InChI is InChI=1S/C22H29NO.ClH/c1-17(16-23(4)5)15-22(18-11-7-6-8-12-18)20-14-10-9-13-19(20)21(2,3)24-22;/h6-14,17H,15-16H2,1-5H3;1H. The first-order valence-electron chi connectivity index (χ1n) is 8.85. The van der Waals surface area contributed by atoms with Gasteiger partial charge in [-0.1, -0.05) is 61.5 Å². The molecule has 0 saturated heterocycles. The molecule has 0 saturated carbocycles. The maximum atomic E-state index is 6.83. The van der Waals surface area contributed by atoms with Crippen LogP contribution in [0, 0.1) is 5.92 Å². The van der Waals surface area contributed by atoms with Crippen LogP contribution in [-0.2, 0) is 15.9 Å². The zero-order valence-corrected chi connectivity index (χ0v) is 16.8. The summed E-state index contributed by atoms with van der Waals surface area (Å²) in [7, 11) is 4.28. The Morgan fingerprint density at radius 1 is 0.920 bits per heavy atom. The summed E-state index contributed by atoms with van der Waals surface area (Å²) in [6, 6.07) is 19.5. The summed E-state index contributed by atoms with van der Waals surface area (Å²) in [5, 5.41) is 0. The van der Waals surface area contributed by atoms with Crippen molar-refractivity contribution in [2.75, 3.05) is 20.6 Å². The molecule has 0 bridgehead atoms. The Hall–Kier alpha value is -1.35. The van der Waals surface area contributed by atoms with Crippen molar-refractivity contribution in [1.29, 1.82) is 0 Å². The van der Waals surface area contributed by atoms with Crippen LogP contribution in [0.25, 0.3) is 0 Å². The van der Waals surface area contributed by atoms with Crippen molar-refractivity contribution in [2.24, 2.45) is 5.92 Å². The van der Waals surface area contributed by atoms with Crippen LogP contribution >= 0.6 is 12.4 Å². The molecule has 0 aliphatic carbocycles. The van der Waals surface area contributed by atoms with E-state index >= 15 is 0 Å². The predicted molar refractivity (Wildman–Crippen MR) is 107 cm³/mol. The highest BCUT2D eigenvalue weighted by Crippen LogP contribution is 2.53. The molecule has 1 heterocycles. The lowest BCUT2D eigenvalue weighted by Crippen LogP contribution is -2.35. The molecule has 2 nitrogen and oxygen atoms in total. The van der Waals surface area contributed by atoms with Gasteiger partial charge in [-0.25, -0.2) is 0 Å². The van der Waals surface area contributed by atoms with Crippen LogP contribution in [0.5, 0.6) is 0 Å². The molecular formula is C22H30ClNO. The minimum atomic E-state index is -0.364. The second-order valence-corrected chi connectivity index (χ2v) is 7.92. The van der Waals surface area contributed by atoms with Gasteiger partial charge in [-0.2, -0.15) is 0 Å². The summed E-state index contributed by atoms with van der Waals surface area (Å²) < 4.78 is 6.83. The molecule has 3 heteroatoms. The Labute approximate surface area is 158 Å². The number of hydrogen-bond acceptors (Lipinski definition) is 2. The lowest BCUT2D eigenvalue weighted by molar-refractivity contribution is -0.112. The Balaban J connectivity index is 0.00000225. The normalized spacial score (nSPS) is 22.3. The van der Waals surface area contributed by atoms with E-state index in [2.05, 4.69) is 94.4 Å². The highest BCUT2D eigenvalue weighted by atomic mass is 35.5. The van der Waals surface area contributed by atoms with Gasteiger partial charge in [-0.15, -0.1) is 12.4 Å². The van der Waals surface area contributed by atoms with Crippen molar-refractivity contribution in [3.05, 3.63) is 71.3 Å². The fourth-order valence-corrected chi connectivity index (χ4v) is 4.28. The van der Waals surface area contributed by atoms with E-state index in [1.165, 1.54) is 16.7 Å². The average molecular weight is 360 g/mol. The lowest BCUT2D eigenvalue weighted by atomic mass is 9.78. The average Bonchev–Trinajstić information content (AvgIpc) is 2.76. The van der Waals surface area contributed by atoms with Gasteiger partial charge in [0.2, 0.25) is 0 Å². The maximum Gasteiger partial charge on any atom is 0.120 e. The van der Waals surface area contributed by atoms with Crippen molar-refractivity contribution in [1.82, 2.24) is 4.90 Å². The SMILES string of the molecule is CC(CN(C)C)CC1(c2ccccc2)OC(C)(C)c2ccccc21.Cl. The van der Waals surface area contributed by atoms with Gasteiger partial charge < -0.3 is 9.64 Å². The third-order valence-electron chi connectivity index (χ3n) is 4.99. The third-order valence-corrected chi connectivity index (χ3v) is 4.99. The lowest BCUT2D eigenvalue weighted by Gasteiger charge is -2.36. The molecule has 2 aromatic rings. The van der Waals surface area contributed by atoms with Crippen LogP contribution in [0.2, 0.25) is 0 Å². The first-order valence-corrected chi connectivity index (χ1v) is 8.85. The van der Waals surface area contributed by atoms with Crippen molar-refractivity contribution in [3.8, 4) is 0 Å². The van der Waals surface area contributed by atoms with E-state index in [0.29, 0.717) is 5.92 Å². The van der Waals surface area contributed by atoms with E-state index in [1.54, 1.807) is 0 Å². The van der Waals surface area contributed by atoms with Crippen molar-refractivity contribution in [2.45, 2.75) is 38.4 Å². The molecule has 0 spiro atoms. The fourth-order valence-electron chi connectivity index (χ4n) is 4.28. The van der Waals surface area contributed by atoms with Gasteiger partial charge in [0.05, 0.1) is 5.60 Å². The van der Waals surface area contributed by atoms with Crippen LogP contribution < -0.4 is 0 Å². The number of benzene rings is 2. The van der Waals surface area contributed by atoms with E-state index in [9.17, 15) is 0 Å². The summed E-state index contributed by atoms with van der Waals surface area (Å²) in [6.45, 7) is 7.75. The molecule has 2 aromatic carbocycles. The van der Waals surface area contributed by atoms with E-state index in [1.807, 2.05) is 0 Å². The molecular weight excluding hydrogens is 330 g/mol. The van der Waals surface area contributed by atoms with Crippen molar-refractivity contribution >= 4 is 12.4 Å². The number of ether oxygens (including phenoxy) is 1. The smallest absolute Gasteiger partial charge is 0.120 e. The summed E-state index contributed by atoms with van der Waals surface area (Å²) >= 11 is 0. The first-order chi connectivity index (χ1) is 11.3. The number of rotatable bonds is 5. The van der Waals surface area contributed by atoms with Gasteiger partial charge in [0, 0.05) is 6.54 Å². The topological polar surface area (TPSA) is 12.5 Å². The number of fused-ring (bicyclic) bond motifs is 1. The second kappa shape index (κ2) is 7.49. The van der Waals surface area contributed by atoms with Crippen molar-refractivity contribution < 1.29 is 4.74 Å². The first kappa shape index (κ1) is 20.0. The third kappa shape index (κ3) is 3.76. The molecule has 2 unspecified atom stereocenters. The molecule has 0 N–H and O–H groups in total. The quantitative estimate of drug-likeness (QED) is 0.727. The van der Waals surface area contributed by atoms with Crippen LogP contribution in [0.4, 0.5) is 0 Å². The minimum Gasteiger partial charge on any atom is -0.355 e. The largest absolute Gasteiger partial charge is 0.355 e. The zero-order valence-electron chi connectivity index (χ0n) is 16.0. The van der Waals surface area contributed by atoms with Gasteiger partial charge in [-0.3, -0.25) is 0 Å². The molecule has 1 aliphatic rings. The van der Waals surface area contributed by atoms with Gasteiger partial charge in [0.25, 0.3) is 0 Å². The highest BCUT2D eigenvalue weighted by molar-refractivity contribution is 5.85. The fraction of sp³-hybridized carbons (Fsp3) is 0.455. The van der Waals surface area contributed by atoms with Gasteiger partial charge in [-0.05, 0) is 57.0 Å². The number of nitrogens with zero attached hydrogens (tertiary/aromatic N) is 1. The van der Waals surface area contributed by atoms with E-state index < -0.39 is 0 Å². The number of halogens is 1. The molecule has 136 valence electrons. The molecule has 0 aromatic heterocycles. The molecule has 0 amide bonds. The monoisotopic (exact) mass is 359 g/mol. The summed E-state index contributed by atoms with van der Waals surface area (Å²) in [4.78, 5) is 2.26.